The van der Waals surface area contributed by atoms with Gasteiger partial charge in [-0.2, -0.15) is 5.26 Å². The summed E-state index contributed by atoms with van der Waals surface area (Å²) in [6.07, 6.45) is 0. The molecule has 0 bridgehead atoms. The van der Waals surface area contributed by atoms with Gasteiger partial charge in [-0.25, -0.2) is 4.98 Å². The normalized spacial score (nSPS) is 12.1. The molecule has 21 heavy (non-hydrogen) atoms. The van der Waals surface area contributed by atoms with Gasteiger partial charge in [0.15, 0.2) is 5.92 Å². The topological polar surface area (TPSA) is 95.8 Å². The Labute approximate surface area is 121 Å². The zero-order valence-electron chi connectivity index (χ0n) is 11.8. The lowest BCUT2D eigenvalue weighted by Gasteiger charge is -2.10. The maximum absolute atomic E-state index is 12.0. The zero-order valence-corrected chi connectivity index (χ0v) is 11.8. The molecule has 6 heteroatoms. The van der Waals surface area contributed by atoms with E-state index in [4.69, 9.17) is 10.00 Å². The molecule has 2 rings (SSSR count). The highest BCUT2D eigenvalue weighted by Gasteiger charge is 2.27. The van der Waals surface area contributed by atoms with E-state index in [-0.39, 0.29) is 18.2 Å². The number of carbonyl (C=O) groups excluding carboxylic acids is 1. The zero-order chi connectivity index (χ0) is 15.4. The van der Waals surface area contributed by atoms with Gasteiger partial charge < -0.3 is 9.72 Å². The second-order valence-electron chi connectivity index (χ2n) is 5.05. The number of nitriles is 1. The Morgan fingerprint density at radius 3 is 2.81 bits per heavy atom. The molecule has 1 aromatic carbocycles. The molecule has 1 heterocycles. The molecular weight excluding hydrogens is 270 g/mol. The van der Waals surface area contributed by atoms with Crippen LogP contribution in [0.1, 0.15) is 25.5 Å². The first kappa shape index (κ1) is 14.7. The van der Waals surface area contributed by atoms with Crippen LogP contribution in [0.4, 0.5) is 0 Å². The summed E-state index contributed by atoms with van der Waals surface area (Å²) in [6, 6.07) is 8.71. The number of benzene rings is 1. The molecular formula is C15H15N3O3. The van der Waals surface area contributed by atoms with Crippen molar-refractivity contribution >= 4 is 17.0 Å². The minimum Gasteiger partial charge on any atom is -0.464 e. The van der Waals surface area contributed by atoms with Crippen molar-refractivity contribution in [3.05, 3.63) is 40.3 Å². The molecule has 6 nitrogen and oxygen atoms in total. The Morgan fingerprint density at radius 1 is 1.43 bits per heavy atom. The second-order valence-corrected chi connectivity index (χ2v) is 5.05. The van der Waals surface area contributed by atoms with E-state index in [1.165, 1.54) is 0 Å². The smallest absolute Gasteiger partial charge is 0.329 e. The quantitative estimate of drug-likeness (QED) is 0.863. The lowest BCUT2D eigenvalue weighted by atomic mass is 10.1. The third-order valence-corrected chi connectivity index (χ3v) is 2.82. The Hall–Kier alpha value is -2.68. The minimum atomic E-state index is -1.32. The SMILES string of the molecule is CC(C)COC(=O)[C@H](C#N)c1nc2ccccc2[nH]c1=O. The van der Waals surface area contributed by atoms with Crippen molar-refractivity contribution in [3.63, 3.8) is 0 Å². The summed E-state index contributed by atoms with van der Waals surface area (Å²) >= 11 is 0. The molecule has 0 fully saturated rings. The van der Waals surface area contributed by atoms with E-state index in [9.17, 15) is 9.59 Å². The highest BCUT2D eigenvalue weighted by molar-refractivity contribution is 5.82. The summed E-state index contributed by atoms with van der Waals surface area (Å²) in [6.45, 7) is 3.97. The van der Waals surface area contributed by atoms with Crippen molar-refractivity contribution in [3.8, 4) is 6.07 Å². The van der Waals surface area contributed by atoms with Gasteiger partial charge in [0.1, 0.15) is 5.69 Å². The number of H-pyrrole nitrogens is 1. The van der Waals surface area contributed by atoms with E-state index >= 15 is 0 Å². The summed E-state index contributed by atoms with van der Waals surface area (Å²) < 4.78 is 5.02. The number of esters is 1. The number of nitrogens with one attached hydrogen (secondary N) is 1. The molecule has 1 aromatic heterocycles. The first-order valence-corrected chi connectivity index (χ1v) is 6.58. The van der Waals surface area contributed by atoms with Crippen molar-refractivity contribution < 1.29 is 9.53 Å². The van der Waals surface area contributed by atoms with E-state index < -0.39 is 17.4 Å². The van der Waals surface area contributed by atoms with Crippen molar-refractivity contribution in [1.82, 2.24) is 9.97 Å². The van der Waals surface area contributed by atoms with Crippen LogP contribution in [0.2, 0.25) is 0 Å². The molecule has 0 saturated heterocycles. The van der Waals surface area contributed by atoms with E-state index in [0.717, 1.165) is 0 Å². The molecule has 0 saturated carbocycles. The molecule has 108 valence electrons. The van der Waals surface area contributed by atoms with Gasteiger partial charge in [-0.15, -0.1) is 0 Å². The fraction of sp³-hybridized carbons (Fsp3) is 0.333. The first-order chi connectivity index (χ1) is 10.0. The van der Waals surface area contributed by atoms with Crippen LogP contribution in [-0.4, -0.2) is 22.5 Å². The number of carbonyl (C=O) groups is 1. The molecule has 0 aliphatic heterocycles. The molecule has 0 radical (unpaired) electrons. The van der Waals surface area contributed by atoms with Gasteiger partial charge in [0.05, 0.1) is 23.7 Å². The third-order valence-electron chi connectivity index (χ3n) is 2.82. The summed E-state index contributed by atoms with van der Waals surface area (Å²) in [5, 5.41) is 9.17. The highest BCUT2D eigenvalue weighted by atomic mass is 16.5. The van der Waals surface area contributed by atoms with Crippen LogP contribution in [0, 0.1) is 17.2 Å². The predicted octanol–water partition coefficient (Wildman–Crippen LogP) is 1.73. The Bertz CT molecular complexity index is 759. The van der Waals surface area contributed by atoms with Crippen LogP contribution in [0.25, 0.3) is 11.0 Å². The Morgan fingerprint density at radius 2 is 2.14 bits per heavy atom. The highest BCUT2D eigenvalue weighted by Crippen LogP contribution is 2.14. The largest absolute Gasteiger partial charge is 0.464 e. The van der Waals surface area contributed by atoms with Crippen LogP contribution < -0.4 is 5.56 Å². The van der Waals surface area contributed by atoms with E-state index in [1.54, 1.807) is 30.3 Å². The molecule has 0 amide bonds. The van der Waals surface area contributed by atoms with Crippen LogP contribution in [0.15, 0.2) is 29.1 Å². The number of fused-ring (bicyclic) bond motifs is 1. The van der Waals surface area contributed by atoms with Gasteiger partial charge in [-0.05, 0) is 18.1 Å². The van der Waals surface area contributed by atoms with Crippen LogP contribution in [0.5, 0.6) is 0 Å². The standard InChI is InChI=1S/C15H15N3O3/c1-9(2)8-21-15(20)10(7-16)13-14(19)18-12-6-4-3-5-11(12)17-13/h3-6,9-10H,8H2,1-2H3,(H,18,19)/t10-/m1/s1. The Kier molecular flexibility index (Phi) is 4.33. The summed E-state index contributed by atoms with van der Waals surface area (Å²) in [7, 11) is 0. The number of aromatic amines is 1. The van der Waals surface area contributed by atoms with Gasteiger partial charge in [-0.1, -0.05) is 26.0 Å². The van der Waals surface area contributed by atoms with Crippen molar-refractivity contribution in [2.45, 2.75) is 19.8 Å². The van der Waals surface area contributed by atoms with Crippen LogP contribution >= 0.6 is 0 Å². The number of nitrogens with zero attached hydrogens (tertiary/aromatic N) is 2. The fourth-order valence-electron chi connectivity index (χ4n) is 1.80. The molecule has 0 unspecified atom stereocenters. The molecule has 0 spiro atoms. The van der Waals surface area contributed by atoms with Crippen LogP contribution in [-0.2, 0) is 9.53 Å². The minimum absolute atomic E-state index is 0.134. The number of hydrogen-bond donors (Lipinski definition) is 1. The van der Waals surface area contributed by atoms with E-state index in [1.807, 2.05) is 13.8 Å². The Balaban J connectivity index is 2.38. The average Bonchev–Trinajstić information content (AvgIpc) is 2.46. The molecule has 2 aromatic rings. The van der Waals surface area contributed by atoms with Gasteiger partial charge in [0.25, 0.3) is 5.56 Å². The molecule has 0 aliphatic carbocycles. The second kappa shape index (κ2) is 6.18. The lowest BCUT2D eigenvalue weighted by Crippen LogP contribution is -2.25. The number of hydrogen-bond acceptors (Lipinski definition) is 5. The first-order valence-electron chi connectivity index (χ1n) is 6.58. The van der Waals surface area contributed by atoms with E-state index in [0.29, 0.717) is 11.0 Å². The van der Waals surface area contributed by atoms with Gasteiger partial charge in [0.2, 0.25) is 0 Å². The monoisotopic (exact) mass is 285 g/mol. The van der Waals surface area contributed by atoms with Crippen LogP contribution in [0.3, 0.4) is 0 Å². The molecule has 0 aliphatic rings. The van der Waals surface area contributed by atoms with Gasteiger partial charge in [-0.3, -0.25) is 9.59 Å². The number of aromatic nitrogens is 2. The summed E-state index contributed by atoms with van der Waals surface area (Å²) in [4.78, 5) is 30.7. The predicted molar refractivity (Wildman–Crippen MR) is 76.5 cm³/mol. The van der Waals surface area contributed by atoms with Crippen molar-refractivity contribution in [2.24, 2.45) is 5.92 Å². The third kappa shape index (κ3) is 3.26. The van der Waals surface area contributed by atoms with E-state index in [2.05, 4.69) is 9.97 Å². The molecule has 1 N–H and O–H groups in total. The summed E-state index contributed by atoms with van der Waals surface area (Å²) in [5.41, 5.74) is 0.384. The molecule has 1 atom stereocenters. The fourth-order valence-corrected chi connectivity index (χ4v) is 1.80. The lowest BCUT2D eigenvalue weighted by molar-refractivity contribution is -0.145. The van der Waals surface area contributed by atoms with Crippen molar-refractivity contribution in [1.29, 1.82) is 5.26 Å². The summed E-state index contributed by atoms with van der Waals surface area (Å²) in [5.74, 6) is -1.92. The number of para-hydroxylation sites is 2. The van der Waals surface area contributed by atoms with Crippen molar-refractivity contribution in [2.75, 3.05) is 6.61 Å². The van der Waals surface area contributed by atoms with Gasteiger partial charge in [0, 0.05) is 0 Å². The number of rotatable bonds is 4. The van der Waals surface area contributed by atoms with Gasteiger partial charge >= 0.3 is 5.97 Å². The maximum atomic E-state index is 12.0. The average molecular weight is 285 g/mol. The number of ether oxygens (including phenoxy) is 1. The maximum Gasteiger partial charge on any atom is 0.329 e.